The first-order valence-electron chi connectivity index (χ1n) is 7.16. The highest BCUT2D eigenvalue weighted by atomic mass is 79.9. The van der Waals surface area contributed by atoms with Crippen molar-refractivity contribution in [1.82, 2.24) is 25.5 Å². The molecule has 5 nitrogen and oxygen atoms in total. The number of hydrogen-bond acceptors (Lipinski definition) is 5. The molecule has 1 N–H and O–H groups in total. The fraction of sp³-hybridized carbons (Fsp3) is 0.500. The molecule has 7 heteroatoms. The normalized spacial score (nSPS) is 15.7. The molecule has 1 heterocycles. The number of nitrogens with zero attached hydrogens (tertiary/aromatic N) is 4. The van der Waals surface area contributed by atoms with Crippen LogP contribution in [0.4, 0.5) is 0 Å². The van der Waals surface area contributed by atoms with Crippen LogP contribution in [0.15, 0.2) is 32.7 Å². The second kappa shape index (κ2) is 6.89. The molecule has 0 spiro atoms. The van der Waals surface area contributed by atoms with Gasteiger partial charge in [-0.05, 0) is 59.8 Å². The Bertz CT molecular complexity index is 609. The van der Waals surface area contributed by atoms with E-state index in [0.717, 1.165) is 21.1 Å². The van der Waals surface area contributed by atoms with E-state index < -0.39 is 0 Å². The van der Waals surface area contributed by atoms with Crippen LogP contribution in [-0.4, -0.2) is 27.3 Å². The van der Waals surface area contributed by atoms with Gasteiger partial charge in [0.05, 0.1) is 6.04 Å². The van der Waals surface area contributed by atoms with Crippen LogP contribution < -0.4 is 5.32 Å². The molecule has 2 aromatic rings. The maximum atomic E-state index is 4.18. The summed E-state index contributed by atoms with van der Waals surface area (Å²) in [6.07, 6.45) is 4.92. The number of nitrogens with one attached hydrogen (secondary N) is 1. The third kappa shape index (κ3) is 3.46. The lowest BCUT2D eigenvalue weighted by atomic mass is 10.2. The van der Waals surface area contributed by atoms with Gasteiger partial charge in [-0.2, -0.15) is 0 Å². The highest BCUT2D eigenvalue weighted by Crippen LogP contribution is 2.34. The van der Waals surface area contributed by atoms with Gasteiger partial charge >= 0.3 is 0 Å². The number of tetrazole rings is 1. The highest BCUT2D eigenvalue weighted by Gasteiger charge is 2.22. The van der Waals surface area contributed by atoms with Crippen molar-refractivity contribution in [2.75, 3.05) is 7.05 Å². The lowest BCUT2D eigenvalue weighted by Gasteiger charge is -2.11. The third-order valence-corrected chi connectivity index (χ3v) is 5.41. The molecular formula is C14H18BrN5S. The second-order valence-electron chi connectivity index (χ2n) is 5.23. The standard InChI is InChI=1S/C14H18BrN5S/c1-16-9-10-6-7-12(8-13(10)15)21-14-17-18-19-20(14)11-4-2-3-5-11/h6-8,11,16H,2-5,9H2,1H3. The molecule has 21 heavy (non-hydrogen) atoms. The largest absolute Gasteiger partial charge is 0.316 e. The molecule has 1 saturated carbocycles. The number of aromatic nitrogens is 4. The topological polar surface area (TPSA) is 55.6 Å². The monoisotopic (exact) mass is 367 g/mol. The molecule has 0 aliphatic heterocycles. The highest BCUT2D eigenvalue weighted by molar-refractivity contribution is 9.10. The summed E-state index contributed by atoms with van der Waals surface area (Å²) in [5.74, 6) is 0. The van der Waals surface area contributed by atoms with E-state index in [9.17, 15) is 0 Å². The molecule has 0 radical (unpaired) electrons. The molecule has 3 rings (SSSR count). The fourth-order valence-electron chi connectivity index (χ4n) is 2.66. The lowest BCUT2D eigenvalue weighted by Crippen LogP contribution is -2.08. The Morgan fingerprint density at radius 3 is 2.90 bits per heavy atom. The fourth-order valence-corrected chi connectivity index (χ4v) is 4.21. The van der Waals surface area contributed by atoms with E-state index in [1.54, 1.807) is 11.8 Å². The molecule has 1 aliphatic carbocycles. The lowest BCUT2D eigenvalue weighted by molar-refractivity contribution is 0.423. The molecule has 1 aliphatic rings. The van der Waals surface area contributed by atoms with Gasteiger partial charge in [0.25, 0.3) is 0 Å². The Kier molecular flexibility index (Phi) is 4.92. The van der Waals surface area contributed by atoms with Gasteiger partial charge in [-0.1, -0.05) is 34.8 Å². The summed E-state index contributed by atoms with van der Waals surface area (Å²) >= 11 is 5.25. The van der Waals surface area contributed by atoms with E-state index in [2.05, 4.69) is 55.0 Å². The van der Waals surface area contributed by atoms with Crippen LogP contribution in [-0.2, 0) is 6.54 Å². The summed E-state index contributed by atoms with van der Waals surface area (Å²) in [6, 6.07) is 6.85. The Balaban J connectivity index is 1.77. The van der Waals surface area contributed by atoms with E-state index in [0.29, 0.717) is 6.04 Å². The Morgan fingerprint density at radius 2 is 2.19 bits per heavy atom. The number of rotatable bonds is 5. The molecule has 0 unspecified atom stereocenters. The average Bonchev–Trinajstić information content (AvgIpc) is 3.12. The van der Waals surface area contributed by atoms with Gasteiger partial charge in [-0.15, -0.1) is 5.10 Å². The average molecular weight is 368 g/mol. The van der Waals surface area contributed by atoms with Crippen molar-refractivity contribution in [2.24, 2.45) is 0 Å². The SMILES string of the molecule is CNCc1ccc(Sc2nnnn2C2CCCC2)cc1Br. The maximum Gasteiger partial charge on any atom is 0.214 e. The van der Waals surface area contributed by atoms with E-state index in [1.165, 1.54) is 31.2 Å². The number of halogens is 1. The van der Waals surface area contributed by atoms with Crippen LogP contribution in [0.25, 0.3) is 0 Å². The summed E-state index contributed by atoms with van der Waals surface area (Å²) < 4.78 is 3.11. The molecule has 1 fully saturated rings. The summed E-state index contributed by atoms with van der Waals surface area (Å²) in [5, 5.41) is 16.3. The number of hydrogen-bond donors (Lipinski definition) is 1. The van der Waals surface area contributed by atoms with Crippen molar-refractivity contribution in [1.29, 1.82) is 0 Å². The molecule has 0 saturated heterocycles. The molecule has 112 valence electrons. The molecule has 0 amide bonds. The quantitative estimate of drug-likeness (QED) is 0.877. The molecule has 0 bridgehead atoms. The van der Waals surface area contributed by atoms with Crippen molar-refractivity contribution in [3.63, 3.8) is 0 Å². The number of benzene rings is 1. The van der Waals surface area contributed by atoms with Gasteiger partial charge in [-0.3, -0.25) is 0 Å². The van der Waals surface area contributed by atoms with Crippen LogP contribution in [0.2, 0.25) is 0 Å². The van der Waals surface area contributed by atoms with Crippen LogP contribution in [0.5, 0.6) is 0 Å². The van der Waals surface area contributed by atoms with E-state index in [-0.39, 0.29) is 0 Å². The van der Waals surface area contributed by atoms with E-state index >= 15 is 0 Å². The minimum atomic E-state index is 0.467. The van der Waals surface area contributed by atoms with E-state index in [1.807, 2.05) is 11.7 Å². The van der Waals surface area contributed by atoms with Gasteiger partial charge in [0.15, 0.2) is 0 Å². The molecule has 1 aromatic heterocycles. The zero-order valence-electron chi connectivity index (χ0n) is 11.9. The minimum absolute atomic E-state index is 0.467. The minimum Gasteiger partial charge on any atom is -0.316 e. The zero-order chi connectivity index (χ0) is 14.7. The Labute approximate surface area is 137 Å². The maximum absolute atomic E-state index is 4.18. The van der Waals surface area contributed by atoms with Crippen molar-refractivity contribution in [3.8, 4) is 0 Å². The summed E-state index contributed by atoms with van der Waals surface area (Å²) in [7, 11) is 1.95. The van der Waals surface area contributed by atoms with Crippen LogP contribution in [0.3, 0.4) is 0 Å². The zero-order valence-corrected chi connectivity index (χ0v) is 14.3. The molecular weight excluding hydrogens is 350 g/mol. The first kappa shape index (κ1) is 15.0. The first-order chi connectivity index (χ1) is 10.3. The molecule has 0 atom stereocenters. The van der Waals surface area contributed by atoms with Gasteiger partial charge in [-0.25, -0.2) is 4.68 Å². The smallest absolute Gasteiger partial charge is 0.214 e. The van der Waals surface area contributed by atoms with Crippen molar-refractivity contribution in [2.45, 2.75) is 48.3 Å². The van der Waals surface area contributed by atoms with Crippen LogP contribution in [0.1, 0.15) is 37.3 Å². The Morgan fingerprint density at radius 1 is 1.38 bits per heavy atom. The van der Waals surface area contributed by atoms with Gasteiger partial charge in [0.1, 0.15) is 0 Å². The van der Waals surface area contributed by atoms with Crippen LogP contribution in [0, 0.1) is 0 Å². The predicted molar refractivity (Wildman–Crippen MR) is 86.4 cm³/mol. The van der Waals surface area contributed by atoms with Gasteiger partial charge in [0, 0.05) is 15.9 Å². The van der Waals surface area contributed by atoms with E-state index in [4.69, 9.17) is 0 Å². The Hall–Kier alpha value is -0.920. The predicted octanol–water partition coefficient (Wildman–Crippen LogP) is 3.42. The second-order valence-corrected chi connectivity index (χ2v) is 7.12. The summed E-state index contributed by atoms with van der Waals surface area (Å²) in [5.41, 5.74) is 1.25. The first-order valence-corrected chi connectivity index (χ1v) is 8.77. The van der Waals surface area contributed by atoms with Crippen molar-refractivity contribution < 1.29 is 0 Å². The summed E-state index contributed by atoms with van der Waals surface area (Å²) in [4.78, 5) is 1.15. The van der Waals surface area contributed by atoms with Crippen molar-refractivity contribution in [3.05, 3.63) is 28.2 Å². The third-order valence-electron chi connectivity index (χ3n) is 3.73. The molecule has 1 aromatic carbocycles. The van der Waals surface area contributed by atoms with Crippen molar-refractivity contribution >= 4 is 27.7 Å². The van der Waals surface area contributed by atoms with Gasteiger partial charge < -0.3 is 5.32 Å². The van der Waals surface area contributed by atoms with Crippen LogP contribution >= 0.6 is 27.7 Å². The summed E-state index contributed by atoms with van der Waals surface area (Å²) in [6.45, 7) is 0.853. The van der Waals surface area contributed by atoms with Gasteiger partial charge in [0.2, 0.25) is 5.16 Å².